The number of hydrogen-bond acceptors (Lipinski definition) is 8. The van der Waals surface area contributed by atoms with Crippen LogP contribution in [0.4, 0.5) is 0 Å². The zero-order chi connectivity index (χ0) is 37.3. The maximum Gasteiger partial charge on any atom is 0.203 e. The molecule has 13 heteroatoms. The van der Waals surface area contributed by atoms with Crippen LogP contribution in [0, 0.1) is 27.7 Å². The lowest BCUT2D eigenvalue weighted by Crippen LogP contribution is -2.04. The number of hydrogen-bond donors (Lipinski definition) is 1. The van der Waals surface area contributed by atoms with Gasteiger partial charge in [-0.2, -0.15) is 5.10 Å². The van der Waals surface area contributed by atoms with Gasteiger partial charge in [0.25, 0.3) is 0 Å². The second-order valence-electron chi connectivity index (χ2n) is 12.2. The maximum atomic E-state index is 5.48. The molecule has 4 heterocycles. The van der Waals surface area contributed by atoms with Gasteiger partial charge in [0.2, 0.25) is 11.6 Å². The van der Waals surface area contributed by atoms with E-state index in [0.29, 0.717) is 41.1 Å². The SMILES string of the molecule is BrCc1cccc(Br)c1.Cc1ccc(-c2cc(-c3n[nH]c(C)n3)no2)cc1.Cc1ccc(-c2cc(-c3nc(C)n(Cc4cccc(Br)c4)n3)no2)cc1. The number of halogens is 3. The zero-order valence-corrected chi connectivity index (χ0v) is 34.1. The van der Waals surface area contributed by atoms with E-state index in [2.05, 4.69) is 115 Å². The molecule has 0 bridgehead atoms. The van der Waals surface area contributed by atoms with Crippen molar-refractivity contribution in [2.75, 3.05) is 0 Å². The lowest BCUT2D eigenvalue weighted by Gasteiger charge is -2.03. The highest BCUT2D eigenvalue weighted by atomic mass is 79.9. The van der Waals surface area contributed by atoms with Crippen LogP contribution in [0.3, 0.4) is 0 Å². The van der Waals surface area contributed by atoms with Crippen LogP contribution in [0.1, 0.15) is 33.9 Å². The summed E-state index contributed by atoms with van der Waals surface area (Å²) in [6.07, 6.45) is 0. The Morgan fingerprint density at radius 1 is 0.623 bits per heavy atom. The van der Waals surface area contributed by atoms with Crippen molar-refractivity contribution < 1.29 is 9.05 Å². The van der Waals surface area contributed by atoms with Gasteiger partial charge >= 0.3 is 0 Å². The lowest BCUT2D eigenvalue weighted by molar-refractivity contribution is 0.434. The molecule has 4 aromatic carbocycles. The van der Waals surface area contributed by atoms with Crippen LogP contribution in [0.2, 0.25) is 0 Å². The highest BCUT2D eigenvalue weighted by Gasteiger charge is 2.15. The molecule has 0 aliphatic carbocycles. The monoisotopic (exact) mass is 896 g/mol. The minimum atomic E-state index is 0.551. The lowest BCUT2D eigenvalue weighted by atomic mass is 10.1. The first-order chi connectivity index (χ1) is 25.6. The van der Waals surface area contributed by atoms with Crippen LogP contribution in [0.5, 0.6) is 0 Å². The third-order valence-corrected chi connectivity index (χ3v) is 9.50. The van der Waals surface area contributed by atoms with Crippen LogP contribution >= 0.6 is 47.8 Å². The third-order valence-electron chi connectivity index (χ3n) is 7.87. The highest BCUT2D eigenvalue weighted by Crippen LogP contribution is 2.26. The Labute approximate surface area is 332 Å². The van der Waals surface area contributed by atoms with Gasteiger partial charge in [-0.05, 0) is 63.1 Å². The number of aromatic nitrogens is 8. The van der Waals surface area contributed by atoms with E-state index in [0.717, 1.165) is 42.6 Å². The number of benzene rings is 4. The predicted molar refractivity (Wildman–Crippen MR) is 217 cm³/mol. The van der Waals surface area contributed by atoms with Crippen molar-refractivity contribution in [1.82, 2.24) is 40.3 Å². The quantitative estimate of drug-likeness (QED) is 0.157. The number of nitrogens with one attached hydrogen (secondary N) is 1. The summed E-state index contributed by atoms with van der Waals surface area (Å²) >= 11 is 10.3. The molecule has 0 atom stereocenters. The van der Waals surface area contributed by atoms with Gasteiger partial charge in [0, 0.05) is 37.5 Å². The highest BCUT2D eigenvalue weighted by molar-refractivity contribution is 9.10. The van der Waals surface area contributed by atoms with Crippen LogP contribution in [-0.4, -0.2) is 40.3 Å². The second-order valence-corrected chi connectivity index (χ2v) is 14.6. The summed E-state index contributed by atoms with van der Waals surface area (Å²) in [5, 5.41) is 20.5. The number of aromatic amines is 1. The van der Waals surface area contributed by atoms with Gasteiger partial charge < -0.3 is 9.05 Å². The summed E-state index contributed by atoms with van der Waals surface area (Å²) in [6, 6.07) is 36.3. The zero-order valence-electron chi connectivity index (χ0n) is 29.4. The normalized spacial score (nSPS) is 10.7. The van der Waals surface area contributed by atoms with E-state index in [1.165, 1.54) is 16.7 Å². The molecule has 0 unspecified atom stereocenters. The molecular weight excluding hydrogens is 864 g/mol. The summed E-state index contributed by atoms with van der Waals surface area (Å²) in [5.41, 5.74) is 8.11. The minimum absolute atomic E-state index is 0.551. The van der Waals surface area contributed by atoms with Gasteiger partial charge in [0.1, 0.15) is 11.6 Å². The minimum Gasteiger partial charge on any atom is -0.356 e. The van der Waals surface area contributed by atoms with E-state index in [1.807, 2.05) is 110 Å². The fourth-order valence-electron chi connectivity index (χ4n) is 5.03. The van der Waals surface area contributed by atoms with E-state index in [-0.39, 0.29) is 0 Å². The van der Waals surface area contributed by atoms with Crippen LogP contribution in [0.15, 0.2) is 127 Å². The summed E-state index contributed by atoms with van der Waals surface area (Å²) in [6.45, 7) is 8.54. The standard InChI is InChI=1S/C20H17BrN4O.C13H12N4O.C7H6Br2/c1-13-6-8-16(9-7-13)19-11-18(24-26-19)20-22-14(2)25(23-20)12-15-4-3-5-17(21)10-15;1-8-3-5-10(6-4-8)12-7-11(17-18-12)13-14-9(2)15-16-13;8-5-6-2-1-3-7(9)4-6/h3-11H,12H2,1-2H3;3-7H,1-2H3,(H,14,15,16);1-4H,5H2. The fourth-order valence-corrected chi connectivity index (χ4v) is 6.27. The Kier molecular flexibility index (Phi) is 12.6. The van der Waals surface area contributed by atoms with Gasteiger partial charge in [-0.1, -0.05) is 142 Å². The number of alkyl halides is 1. The summed E-state index contributed by atoms with van der Waals surface area (Å²) in [7, 11) is 0. The molecule has 10 nitrogen and oxygen atoms in total. The third kappa shape index (κ3) is 10.3. The van der Waals surface area contributed by atoms with Crippen molar-refractivity contribution in [1.29, 1.82) is 0 Å². The summed E-state index contributed by atoms with van der Waals surface area (Å²) in [5.74, 6) is 4.13. The maximum absolute atomic E-state index is 5.48. The van der Waals surface area contributed by atoms with Crippen LogP contribution in [0.25, 0.3) is 45.7 Å². The molecule has 0 saturated heterocycles. The van der Waals surface area contributed by atoms with Crippen molar-refractivity contribution >= 4 is 47.8 Å². The smallest absolute Gasteiger partial charge is 0.203 e. The van der Waals surface area contributed by atoms with E-state index in [9.17, 15) is 0 Å². The molecule has 0 fully saturated rings. The Morgan fingerprint density at radius 2 is 1.15 bits per heavy atom. The average Bonchev–Trinajstić information content (AvgIpc) is 3.98. The van der Waals surface area contributed by atoms with Crippen molar-refractivity contribution in [3.05, 3.63) is 152 Å². The number of nitrogens with zero attached hydrogens (tertiary/aromatic N) is 7. The molecule has 0 spiro atoms. The first-order valence-corrected chi connectivity index (χ1v) is 19.3. The largest absolute Gasteiger partial charge is 0.356 e. The molecule has 268 valence electrons. The Balaban J connectivity index is 0.000000153. The topological polar surface area (TPSA) is 124 Å². The average molecular weight is 899 g/mol. The molecular formula is C40H35Br3N8O2. The molecule has 8 aromatic rings. The van der Waals surface area contributed by atoms with Crippen molar-refractivity contribution in [3.8, 4) is 45.7 Å². The molecule has 0 amide bonds. The first-order valence-electron chi connectivity index (χ1n) is 16.6. The summed E-state index contributed by atoms with van der Waals surface area (Å²) in [4.78, 5) is 8.75. The van der Waals surface area contributed by atoms with Crippen molar-refractivity contribution in [3.63, 3.8) is 0 Å². The second kappa shape index (κ2) is 17.7. The number of rotatable bonds is 7. The van der Waals surface area contributed by atoms with E-state index in [1.54, 1.807) is 0 Å². The molecule has 0 saturated carbocycles. The van der Waals surface area contributed by atoms with E-state index >= 15 is 0 Å². The van der Waals surface area contributed by atoms with Gasteiger partial charge in [-0.3, -0.25) is 5.10 Å². The number of aryl methyl sites for hydroxylation is 4. The molecule has 1 N–H and O–H groups in total. The van der Waals surface area contributed by atoms with E-state index in [4.69, 9.17) is 9.05 Å². The Hall–Kier alpha value is -4.98. The molecule has 53 heavy (non-hydrogen) atoms. The van der Waals surface area contributed by atoms with Crippen LogP contribution in [-0.2, 0) is 11.9 Å². The van der Waals surface area contributed by atoms with Crippen molar-refractivity contribution in [2.45, 2.75) is 39.6 Å². The number of H-pyrrole nitrogens is 1. The molecule has 0 aliphatic heterocycles. The van der Waals surface area contributed by atoms with Gasteiger partial charge in [0.05, 0.1) is 6.54 Å². The molecule has 0 aliphatic rings. The Bertz CT molecular complexity index is 2400. The molecule has 8 rings (SSSR count). The van der Waals surface area contributed by atoms with Gasteiger partial charge in [-0.15, -0.1) is 5.10 Å². The Morgan fingerprint density at radius 3 is 1.64 bits per heavy atom. The van der Waals surface area contributed by atoms with Gasteiger partial charge in [-0.25, -0.2) is 14.6 Å². The van der Waals surface area contributed by atoms with Gasteiger partial charge in [0.15, 0.2) is 22.9 Å². The first kappa shape index (κ1) is 37.8. The predicted octanol–water partition coefficient (Wildman–Crippen LogP) is 11.1. The molecule has 0 radical (unpaired) electrons. The summed E-state index contributed by atoms with van der Waals surface area (Å²) < 4.78 is 14.9. The fraction of sp³-hybridized carbons (Fsp3) is 0.150. The van der Waals surface area contributed by atoms with E-state index < -0.39 is 0 Å². The molecule has 4 aromatic heterocycles. The van der Waals surface area contributed by atoms with Crippen LogP contribution < -0.4 is 0 Å². The van der Waals surface area contributed by atoms with Crippen molar-refractivity contribution in [2.24, 2.45) is 0 Å².